The highest BCUT2D eigenvalue weighted by Gasteiger charge is 2.23. The van der Waals surface area contributed by atoms with E-state index in [-0.39, 0.29) is 41.7 Å². The summed E-state index contributed by atoms with van der Waals surface area (Å²) >= 11 is 6.14. The molecule has 0 bridgehead atoms. The molecule has 0 radical (unpaired) electrons. The molecule has 3 aromatic rings. The van der Waals surface area contributed by atoms with Gasteiger partial charge in [0.25, 0.3) is 21.8 Å². The highest BCUT2D eigenvalue weighted by molar-refractivity contribution is 7.90. The number of nitrogens with one attached hydrogen (secondary N) is 3. The van der Waals surface area contributed by atoms with E-state index in [1.54, 1.807) is 12.1 Å². The first-order valence-corrected chi connectivity index (χ1v) is 13.9. The van der Waals surface area contributed by atoms with Gasteiger partial charge in [0.2, 0.25) is 5.88 Å². The fraction of sp³-hybridized carbons (Fsp3) is 0.231. The molecular weight excluding hydrogens is 564 g/mol. The van der Waals surface area contributed by atoms with Gasteiger partial charge in [-0.15, -0.1) is 0 Å². The summed E-state index contributed by atoms with van der Waals surface area (Å²) in [7, 11) is -4.39. The van der Waals surface area contributed by atoms with Crippen molar-refractivity contribution in [1.82, 2.24) is 20.3 Å². The average molecular weight is 591 g/mol. The summed E-state index contributed by atoms with van der Waals surface area (Å²) in [5, 5.41) is 4.85. The average Bonchev–Trinajstić information content (AvgIpc) is 2.94. The molecule has 40 heavy (non-hydrogen) atoms. The molecule has 1 heterocycles. The summed E-state index contributed by atoms with van der Waals surface area (Å²) in [6.07, 6.45) is 0.281. The SMILES string of the molecule is CCOCCNC(=O)Oc1ccc(C(=O)NS(=O)(=O)c2ccc(C(=O)NCCOc3ccccc3)cc2Cl)cn1. The van der Waals surface area contributed by atoms with Crippen molar-refractivity contribution in [2.75, 3.05) is 32.9 Å². The monoisotopic (exact) mass is 590 g/mol. The second-order valence-electron chi connectivity index (χ2n) is 7.90. The number of amides is 3. The topological polar surface area (TPSA) is 162 Å². The van der Waals surface area contributed by atoms with E-state index in [0.29, 0.717) is 19.0 Å². The van der Waals surface area contributed by atoms with Crippen molar-refractivity contribution in [3.8, 4) is 11.6 Å². The number of nitrogens with zero attached hydrogens (tertiary/aromatic N) is 1. The lowest BCUT2D eigenvalue weighted by atomic mass is 10.2. The van der Waals surface area contributed by atoms with Crippen molar-refractivity contribution in [3.05, 3.63) is 83.0 Å². The lowest BCUT2D eigenvalue weighted by molar-refractivity contribution is 0.0944. The van der Waals surface area contributed by atoms with Crippen LogP contribution in [0.5, 0.6) is 11.6 Å². The first kappa shape index (κ1) is 30.3. The molecule has 1 aromatic heterocycles. The predicted molar refractivity (Wildman–Crippen MR) is 145 cm³/mol. The van der Waals surface area contributed by atoms with Gasteiger partial charge in [-0.25, -0.2) is 22.9 Å². The quantitative estimate of drug-likeness (QED) is 0.254. The van der Waals surface area contributed by atoms with Crippen LogP contribution in [0.25, 0.3) is 0 Å². The minimum Gasteiger partial charge on any atom is -0.492 e. The van der Waals surface area contributed by atoms with Crippen molar-refractivity contribution in [1.29, 1.82) is 0 Å². The summed E-state index contributed by atoms with van der Waals surface area (Å²) in [4.78, 5) is 40.1. The number of pyridine rings is 1. The Morgan fingerprint density at radius 1 is 0.900 bits per heavy atom. The van der Waals surface area contributed by atoms with Gasteiger partial charge in [-0.2, -0.15) is 0 Å². The van der Waals surface area contributed by atoms with Crippen LogP contribution in [0.3, 0.4) is 0 Å². The predicted octanol–water partition coefficient (Wildman–Crippen LogP) is 2.79. The van der Waals surface area contributed by atoms with Crippen LogP contribution in [0.15, 0.2) is 71.8 Å². The van der Waals surface area contributed by atoms with Crippen LogP contribution < -0.4 is 24.8 Å². The molecule has 0 fully saturated rings. The molecule has 0 aliphatic heterocycles. The molecule has 0 saturated heterocycles. The first-order valence-electron chi connectivity index (χ1n) is 12.0. The maximum absolute atomic E-state index is 12.8. The van der Waals surface area contributed by atoms with Gasteiger partial charge in [-0.1, -0.05) is 29.8 Å². The summed E-state index contributed by atoms with van der Waals surface area (Å²) < 4.78 is 43.0. The number of para-hydroxylation sites is 1. The number of carbonyl (C=O) groups excluding carboxylic acids is 3. The number of halogens is 1. The zero-order valence-electron chi connectivity index (χ0n) is 21.4. The van der Waals surface area contributed by atoms with E-state index >= 15 is 0 Å². The maximum Gasteiger partial charge on any atom is 0.414 e. The number of benzene rings is 2. The molecule has 0 spiro atoms. The van der Waals surface area contributed by atoms with Gasteiger partial charge in [0.1, 0.15) is 17.3 Å². The second-order valence-corrected chi connectivity index (χ2v) is 9.95. The molecule has 2 aromatic carbocycles. The molecule has 0 unspecified atom stereocenters. The first-order chi connectivity index (χ1) is 19.2. The Kier molecular flexibility index (Phi) is 11.2. The number of hydrogen-bond donors (Lipinski definition) is 3. The van der Waals surface area contributed by atoms with E-state index in [2.05, 4.69) is 15.6 Å². The van der Waals surface area contributed by atoms with Gasteiger partial charge >= 0.3 is 6.09 Å². The van der Waals surface area contributed by atoms with Gasteiger partial charge in [0.15, 0.2) is 0 Å². The molecular formula is C26H27ClN4O8S. The molecule has 0 saturated carbocycles. The van der Waals surface area contributed by atoms with Crippen LogP contribution in [0.4, 0.5) is 4.79 Å². The maximum atomic E-state index is 12.8. The van der Waals surface area contributed by atoms with Crippen LogP contribution in [0, 0.1) is 0 Å². The zero-order valence-corrected chi connectivity index (χ0v) is 23.0. The molecule has 3 N–H and O–H groups in total. The molecule has 14 heteroatoms. The van der Waals surface area contributed by atoms with E-state index in [9.17, 15) is 22.8 Å². The lowest BCUT2D eigenvalue weighted by Gasteiger charge is -2.11. The summed E-state index contributed by atoms with van der Waals surface area (Å²) in [6, 6.07) is 15.1. The van der Waals surface area contributed by atoms with Gasteiger partial charge in [-0.3, -0.25) is 9.59 Å². The largest absolute Gasteiger partial charge is 0.492 e. The van der Waals surface area contributed by atoms with Crippen LogP contribution >= 0.6 is 11.6 Å². The van der Waals surface area contributed by atoms with Crippen LogP contribution in [0.1, 0.15) is 27.6 Å². The van der Waals surface area contributed by atoms with E-state index in [1.807, 2.05) is 29.8 Å². The molecule has 0 atom stereocenters. The van der Waals surface area contributed by atoms with E-state index in [4.69, 9.17) is 25.8 Å². The molecule has 212 valence electrons. The third-order valence-electron chi connectivity index (χ3n) is 5.03. The molecule has 3 rings (SSSR count). The Balaban J connectivity index is 1.53. The minimum absolute atomic E-state index is 0.100. The Morgan fingerprint density at radius 3 is 2.30 bits per heavy atom. The summed E-state index contributed by atoms with van der Waals surface area (Å²) in [5.74, 6) is -0.913. The molecule has 0 aliphatic rings. The lowest BCUT2D eigenvalue weighted by Crippen LogP contribution is -2.31. The van der Waals surface area contributed by atoms with Gasteiger partial charge in [-0.05, 0) is 43.3 Å². The Bertz CT molecular complexity index is 1420. The fourth-order valence-corrected chi connectivity index (χ4v) is 4.64. The van der Waals surface area contributed by atoms with Gasteiger partial charge in [0, 0.05) is 31.0 Å². The van der Waals surface area contributed by atoms with Crippen molar-refractivity contribution in [2.45, 2.75) is 11.8 Å². The van der Waals surface area contributed by atoms with Crippen LogP contribution in [-0.4, -0.2) is 64.2 Å². The van der Waals surface area contributed by atoms with Gasteiger partial charge < -0.3 is 24.8 Å². The zero-order chi connectivity index (χ0) is 29.0. The van der Waals surface area contributed by atoms with E-state index in [0.717, 1.165) is 12.3 Å². The number of aromatic nitrogens is 1. The number of rotatable bonds is 13. The number of hydrogen-bond acceptors (Lipinski definition) is 9. The van der Waals surface area contributed by atoms with Crippen LogP contribution in [-0.2, 0) is 14.8 Å². The van der Waals surface area contributed by atoms with Crippen molar-refractivity contribution in [3.63, 3.8) is 0 Å². The van der Waals surface area contributed by atoms with Crippen molar-refractivity contribution < 1.29 is 37.0 Å². The van der Waals surface area contributed by atoms with Gasteiger partial charge in [0.05, 0.1) is 23.7 Å². The normalized spacial score (nSPS) is 10.8. The summed E-state index contributed by atoms with van der Waals surface area (Å²) in [5.41, 5.74) is 0.00854. The highest BCUT2D eigenvalue weighted by atomic mass is 35.5. The molecule has 3 amide bonds. The standard InChI is InChI=1S/C26H27ClN4O8S/c1-2-37-14-12-29-26(34)39-23-11-9-19(17-30-23)25(33)31-40(35,36)22-10-8-18(16-21(22)27)24(32)28-13-15-38-20-6-4-3-5-7-20/h3-11,16-17H,2,12-15H2,1H3,(H,28,32)(H,29,34)(H,31,33). The number of sulfonamides is 1. The Hall–Kier alpha value is -4.20. The Labute approximate surface area is 236 Å². The van der Waals surface area contributed by atoms with E-state index < -0.39 is 32.8 Å². The number of carbonyl (C=O) groups is 3. The highest BCUT2D eigenvalue weighted by Crippen LogP contribution is 2.23. The third-order valence-corrected chi connectivity index (χ3v) is 6.84. The summed E-state index contributed by atoms with van der Waals surface area (Å²) in [6.45, 7) is 3.32. The van der Waals surface area contributed by atoms with Crippen molar-refractivity contribution in [2.24, 2.45) is 0 Å². The van der Waals surface area contributed by atoms with Crippen LogP contribution in [0.2, 0.25) is 5.02 Å². The molecule has 0 aliphatic carbocycles. The van der Waals surface area contributed by atoms with E-state index in [1.165, 1.54) is 24.3 Å². The Morgan fingerprint density at radius 2 is 1.62 bits per heavy atom. The second kappa shape index (κ2) is 14.8. The van der Waals surface area contributed by atoms with Crippen molar-refractivity contribution >= 4 is 39.5 Å². The fourth-order valence-electron chi connectivity index (χ4n) is 3.12. The number of ether oxygens (including phenoxy) is 3. The minimum atomic E-state index is -4.39. The molecule has 12 nitrogen and oxygen atoms in total. The smallest absolute Gasteiger partial charge is 0.414 e. The third kappa shape index (κ3) is 9.22.